The van der Waals surface area contributed by atoms with Gasteiger partial charge in [0.2, 0.25) is 5.82 Å². The van der Waals surface area contributed by atoms with Crippen LogP contribution in [0.3, 0.4) is 0 Å². The van der Waals surface area contributed by atoms with E-state index in [2.05, 4.69) is 20.6 Å². The molecule has 142 valence electrons. The Hall–Kier alpha value is -3.52. The number of H-pyrrole nitrogens is 1. The topological polar surface area (TPSA) is 103 Å². The highest BCUT2D eigenvalue weighted by Gasteiger charge is 2.13. The zero-order chi connectivity index (χ0) is 19.3. The molecule has 0 amide bonds. The Morgan fingerprint density at radius 3 is 2.82 bits per heavy atom. The molecule has 0 unspecified atom stereocenters. The summed E-state index contributed by atoms with van der Waals surface area (Å²) in [5.74, 6) is 1.49. The quantitative estimate of drug-likeness (QED) is 0.493. The normalized spacial score (nSPS) is 11.0. The number of hydrogen-bond acceptors (Lipinski definition) is 7. The van der Waals surface area contributed by atoms with E-state index in [1.54, 1.807) is 18.2 Å². The van der Waals surface area contributed by atoms with Gasteiger partial charge in [-0.3, -0.25) is 4.79 Å². The van der Waals surface area contributed by atoms with E-state index in [0.29, 0.717) is 59.3 Å². The van der Waals surface area contributed by atoms with Crippen molar-refractivity contribution < 1.29 is 13.9 Å². The van der Waals surface area contributed by atoms with Crippen LogP contribution in [0.4, 0.5) is 0 Å². The third kappa shape index (κ3) is 3.63. The summed E-state index contributed by atoms with van der Waals surface area (Å²) in [6.45, 7) is 3.47. The fraction of sp³-hybridized carbons (Fsp3) is 0.200. The summed E-state index contributed by atoms with van der Waals surface area (Å²) in [7, 11) is 0. The average Bonchev–Trinajstić information content (AvgIpc) is 3.26. The lowest BCUT2D eigenvalue weighted by atomic mass is 10.1. The predicted molar refractivity (Wildman–Crippen MR) is 103 cm³/mol. The Labute approximate surface area is 160 Å². The molecule has 1 N–H and O–H groups in total. The first-order valence-corrected chi connectivity index (χ1v) is 8.88. The first kappa shape index (κ1) is 17.9. The minimum atomic E-state index is -0.161. The molecule has 0 saturated carbocycles. The highest BCUT2D eigenvalue weighted by molar-refractivity contribution is 5.83. The molecule has 2 aromatic heterocycles. The van der Waals surface area contributed by atoms with Crippen LogP contribution in [0.2, 0.25) is 0 Å². The van der Waals surface area contributed by atoms with E-state index in [1.165, 1.54) is 6.07 Å². The van der Waals surface area contributed by atoms with Crippen molar-refractivity contribution >= 4 is 11.0 Å². The molecule has 0 aliphatic heterocycles. The first-order valence-electron chi connectivity index (χ1n) is 8.88. The molecule has 8 heteroatoms. The van der Waals surface area contributed by atoms with E-state index in [4.69, 9.17) is 13.9 Å². The maximum absolute atomic E-state index is 12.7. The fourth-order valence-electron chi connectivity index (χ4n) is 2.86. The lowest BCUT2D eigenvalue weighted by molar-refractivity contribution is 0.110. The SMILES string of the molecule is CCOCCOc1ccccc1-c1cc(=O)c2cc(-c3nn[nH]n3)ccc2o1. The smallest absolute Gasteiger partial charge is 0.204 e. The predicted octanol–water partition coefficient (Wildman–Crippen LogP) is 3.06. The van der Waals surface area contributed by atoms with Gasteiger partial charge in [0, 0.05) is 18.2 Å². The maximum atomic E-state index is 12.7. The molecule has 4 aromatic rings. The molecule has 4 rings (SSSR count). The van der Waals surface area contributed by atoms with E-state index in [-0.39, 0.29) is 5.43 Å². The average molecular weight is 378 g/mol. The van der Waals surface area contributed by atoms with Crippen LogP contribution >= 0.6 is 0 Å². The molecular formula is C20H18N4O4. The summed E-state index contributed by atoms with van der Waals surface area (Å²) in [6.07, 6.45) is 0. The van der Waals surface area contributed by atoms with Crippen LogP contribution in [0.15, 0.2) is 57.7 Å². The number of nitrogens with one attached hydrogen (secondary N) is 1. The van der Waals surface area contributed by atoms with Crippen molar-refractivity contribution in [2.45, 2.75) is 6.92 Å². The molecule has 0 aliphatic carbocycles. The molecule has 0 bridgehead atoms. The molecule has 0 aliphatic rings. The molecule has 2 heterocycles. The number of nitrogens with zero attached hydrogens (tertiary/aromatic N) is 3. The largest absolute Gasteiger partial charge is 0.490 e. The van der Waals surface area contributed by atoms with Crippen molar-refractivity contribution in [3.05, 3.63) is 58.8 Å². The van der Waals surface area contributed by atoms with Crippen molar-refractivity contribution in [2.24, 2.45) is 0 Å². The number of benzene rings is 2. The molecule has 0 atom stereocenters. The van der Waals surface area contributed by atoms with E-state index < -0.39 is 0 Å². The monoisotopic (exact) mass is 378 g/mol. The summed E-state index contributed by atoms with van der Waals surface area (Å²) < 4.78 is 17.1. The van der Waals surface area contributed by atoms with Crippen molar-refractivity contribution in [2.75, 3.05) is 19.8 Å². The molecular weight excluding hydrogens is 360 g/mol. The number of rotatable bonds is 7. The summed E-state index contributed by atoms with van der Waals surface area (Å²) in [5, 5.41) is 14.3. The summed E-state index contributed by atoms with van der Waals surface area (Å²) in [5.41, 5.74) is 1.70. The zero-order valence-corrected chi connectivity index (χ0v) is 15.2. The van der Waals surface area contributed by atoms with Gasteiger partial charge in [-0.05, 0) is 42.5 Å². The van der Waals surface area contributed by atoms with Crippen LogP contribution in [-0.4, -0.2) is 40.4 Å². The van der Waals surface area contributed by atoms with E-state index in [0.717, 1.165) is 0 Å². The van der Waals surface area contributed by atoms with Gasteiger partial charge in [0.25, 0.3) is 0 Å². The van der Waals surface area contributed by atoms with E-state index in [9.17, 15) is 4.79 Å². The number of aromatic nitrogens is 4. The van der Waals surface area contributed by atoms with Gasteiger partial charge in [0.1, 0.15) is 23.7 Å². The molecule has 8 nitrogen and oxygen atoms in total. The van der Waals surface area contributed by atoms with Crippen LogP contribution < -0.4 is 10.2 Å². The Morgan fingerprint density at radius 2 is 2.00 bits per heavy atom. The first-order chi connectivity index (χ1) is 13.8. The molecule has 0 radical (unpaired) electrons. The number of para-hydroxylation sites is 1. The van der Waals surface area contributed by atoms with E-state index in [1.807, 2.05) is 31.2 Å². The molecule has 2 aromatic carbocycles. The number of aromatic amines is 1. The van der Waals surface area contributed by atoms with Gasteiger partial charge >= 0.3 is 0 Å². The molecule has 28 heavy (non-hydrogen) atoms. The van der Waals surface area contributed by atoms with Crippen LogP contribution in [-0.2, 0) is 4.74 Å². The number of tetrazole rings is 1. The third-order valence-corrected chi connectivity index (χ3v) is 4.17. The van der Waals surface area contributed by atoms with Gasteiger partial charge in [-0.1, -0.05) is 12.1 Å². The van der Waals surface area contributed by atoms with Gasteiger partial charge in [-0.15, -0.1) is 10.2 Å². The standard InChI is InChI=1S/C20H18N4O4/c1-2-26-9-10-27-17-6-4-3-5-14(17)19-12-16(25)15-11-13(7-8-18(15)28-19)20-21-23-24-22-20/h3-8,11-12H,2,9-10H2,1H3,(H,21,22,23,24). The summed E-state index contributed by atoms with van der Waals surface area (Å²) >= 11 is 0. The second-order valence-corrected chi connectivity index (χ2v) is 5.96. The minimum Gasteiger partial charge on any atom is -0.490 e. The van der Waals surface area contributed by atoms with Crippen LogP contribution in [0.5, 0.6) is 5.75 Å². The Morgan fingerprint density at radius 1 is 1.11 bits per heavy atom. The number of hydrogen-bond donors (Lipinski definition) is 1. The van der Waals surface area contributed by atoms with Crippen LogP contribution in [0.25, 0.3) is 33.7 Å². The second kappa shape index (κ2) is 8.01. The third-order valence-electron chi connectivity index (χ3n) is 4.17. The number of fused-ring (bicyclic) bond motifs is 1. The number of ether oxygens (including phenoxy) is 2. The second-order valence-electron chi connectivity index (χ2n) is 5.96. The van der Waals surface area contributed by atoms with Crippen molar-refractivity contribution in [1.82, 2.24) is 20.6 Å². The van der Waals surface area contributed by atoms with Gasteiger partial charge in [0.15, 0.2) is 5.43 Å². The fourth-order valence-corrected chi connectivity index (χ4v) is 2.86. The van der Waals surface area contributed by atoms with Crippen molar-refractivity contribution in [3.8, 4) is 28.5 Å². The zero-order valence-electron chi connectivity index (χ0n) is 15.2. The van der Waals surface area contributed by atoms with Gasteiger partial charge in [-0.25, -0.2) is 0 Å². The Kier molecular flexibility index (Phi) is 5.11. The lowest BCUT2D eigenvalue weighted by Crippen LogP contribution is -2.07. The molecule has 0 saturated heterocycles. The van der Waals surface area contributed by atoms with Gasteiger partial charge in [0.05, 0.1) is 17.6 Å². The maximum Gasteiger partial charge on any atom is 0.204 e. The summed E-state index contributed by atoms with van der Waals surface area (Å²) in [4.78, 5) is 12.7. The summed E-state index contributed by atoms with van der Waals surface area (Å²) in [6, 6.07) is 14.1. The molecule has 0 fully saturated rings. The Balaban J connectivity index is 1.71. The highest BCUT2D eigenvalue weighted by Crippen LogP contribution is 2.31. The lowest BCUT2D eigenvalue weighted by Gasteiger charge is -2.11. The van der Waals surface area contributed by atoms with Crippen LogP contribution in [0, 0.1) is 0 Å². The van der Waals surface area contributed by atoms with Gasteiger partial charge < -0.3 is 13.9 Å². The molecule has 0 spiro atoms. The highest BCUT2D eigenvalue weighted by atomic mass is 16.5. The van der Waals surface area contributed by atoms with Crippen molar-refractivity contribution in [3.63, 3.8) is 0 Å². The van der Waals surface area contributed by atoms with Crippen molar-refractivity contribution in [1.29, 1.82) is 0 Å². The van der Waals surface area contributed by atoms with E-state index >= 15 is 0 Å². The minimum absolute atomic E-state index is 0.161. The Bertz CT molecular complexity index is 1140. The van der Waals surface area contributed by atoms with Crippen LogP contribution in [0.1, 0.15) is 6.92 Å². The van der Waals surface area contributed by atoms with Gasteiger partial charge in [-0.2, -0.15) is 5.21 Å².